The smallest absolute Gasteiger partial charge is 0.410 e. The van der Waals surface area contributed by atoms with E-state index in [9.17, 15) is 18.8 Å². The zero-order chi connectivity index (χ0) is 32.0. The van der Waals surface area contributed by atoms with Gasteiger partial charge in [0.05, 0.1) is 28.5 Å². The van der Waals surface area contributed by atoms with Crippen LogP contribution in [0.5, 0.6) is 0 Å². The lowest BCUT2D eigenvalue weighted by atomic mass is 9.19. The lowest BCUT2D eigenvalue weighted by Crippen LogP contribution is -2.92. The van der Waals surface area contributed by atoms with Gasteiger partial charge >= 0.3 is 11.8 Å². The van der Waals surface area contributed by atoms with Crippen LogP contribution in [0, 0.1) is 66.0 Å². The summed E-state index contributed by atoms with van der Waals surface area (Å²) >= 11 is 0. The zero-order valence-electron chi connectivity index (χ0n) is 27.0. The Balaban J connectivity index is 1.04. The largest absolute Gasteiger partial charge is 0.444 e. The predicted molar refractivity (Wildman–Crippen MR) is 162 cm³/mol. The fourth-order valence-electron chi connectivity index (χ4n) is 13.9. The van der Waals surface area contributed by atoms with Gasteiger partial charge in [-0.25, -0.2) is 18.7 Å². The fourth-order valence-corrected chi connectivity index (χ4v) is 13.9. The third-order valence-electron chi connectivity index (χ3n) is 14.1. The minimum Gasteiger partial charge on any atom is -0.444 e. The third kappa shape index (κ3) is 2.12. The molecule has 10 nitrogen and oxygen atoms in total. The fraction of sp³-hybridized carbons (Fsp3) is 0.600. The van der Waals surface area contributed by atoms with E-state index >= 15 is 0 Å². The van der Waals surface area contributed by atoms with Crippen LogP contribution in [0.1, 0.15) is 63.0 Å². The average Bonchev–Trinajstić information content (AvgIpc) is 3.72. The van der Waals surface area contributed by atoms with Gasteiger partial charge in [0.25, 0.3) is 0 Å². The minimum atomic E-state index is -0.648. The van der Waals surface area contributed by atoms with Crippen LogP contribution in [-0.2, 0) is 21.5 Å². The molecule has 7 saturated carbocycles. The van der Waals surface area contributed by atoms with Crippen molar-refractivity contribution in [1.82, 2.24) is 29.1 Å². The molecule has 2 spiro atoms. The summed E-state index contributed by atoms with van der Waals surface area (Å²) in [5, 5.41) is 8.44. The monoisotopic (exact) mass is 624 g/mol. The molecule has 11 rings (SSSR count). The van der Waals surface area contributed by atoms with Crippen molar-refractivity contribution in [3.8, 4) is 11.5 Å². The molecule has 1 aromatic carbocycles. The lowest BCUT2D eigenvalue weighted by molar-refractivity contribution is -0.389. The molecule has 3 heterocycles. The summed E-state index contributed by atoms with van der Waals surface area (Å²) in [5.74, 6) is 3.51. The van der Waals surface area contributed by atoms with Gasteiger partial charge in [-0.15, -0.1) is 0 Å². The van der Waals surface area contributed by atoms with Crippen LogP contribution < -0.4 is 11.0 Å². The molecule has 3 aromatic rings. The van der Waals surface area contributed by atoms with E-state index in [0.717, 1.165) is 11.3 Å². The molecule has 0 radical (unpaired) electrons. The summed E-state index contributed by atoms with van der Waals surface area (Å²) < 4.78 is 26.1. The van der Waals surface area contributed by atoms with E-state index in [-0.39, 0.29) is 28.5 Å². The second-order valence-corrected chi connectivity index (χ2v) is 16.7. The van der Waals surface area contributed by atoms with E-state index in [0.29, 0.717) is 81.9 Å². The number of nitrogens with one attached hydrogen (secondary N) is 1. The van der Waals surface area contributed by atoms with Crippen molar-refractivity contribution in [2.24, 2.45) is 46.3 Å². The van der Waals surface area contributed by atoms with Gasteiger partial charge < -0.3 is 15.0 Å². The highest BCUT2D eigenvalue weighted by Crippen LogP contribution is 3.27. The van der Waals surface area contributed by atoms with Gasteiger partial charge in [0.1, 0.15) is 17.2 Å². The Kier molecular flexibility index (Phi) is 3.91. The summed E-state index contributed by atoms with van der Waals surface area (Å²) in [6, 6.07) is 3.13. The van der Waals surface area contributed by atoms with E-state index in [1.54, 1.807) is 47.1 Å². The Morgan fingerprint density at radius 3 is 2.30 bits per heavy atom. The number of aromatic nitrogens is 4. The molecule has 0 bridgehead atoms. The molecule has 7 fully saturated rings. The number of nitrogens with zero attached hydrogens (tertiary/aromatic N) is 5. The number of ether oxygens (including phenoxy) is 1. The summed E-state index contributed by atoms with van der Waals surface area (Å²) in [6.07, 6.45) is 3.93. The first-order valence-electron chi connectivity index (χ1n) is 16.7. The highest BCUT2D eigenvalue weighted by Gasteiger charge is 3.31. The number of aryl methyl sites for hydroxylation is 2. The Bertz CT molecular complexity index is 2060. The van der Waals surface area contributed by atoms with Crippen LogP contribution >= 0.6 is 0 Å². The number of imidazole rings is 1. The molecule has 7 unspecified atom stereocenters. The topological polar surface area (TPSA) is 103 Å². The summed E-state index contributed by atoms with van der Waals surface area (Å²) in [6.45, 7) is 13.1. The highest BCUT2D eigenvalue weighted by atomic mass is 19.1. The number of carbonyl (C=O) groups excluding carboxylic acids is 2. The molecule has 0 saturated heterocycles. The van der Waals surface area contributed by atoms with Gasteiger partial charge in [0.15, 0.2) is 0 Å². The maximum atomic E-state index is 14.8. The molecule has 7 aliphatic carbocycles. The van der Waals surface area contributed by atoms with Crippen LogP contribution in [0.4, 0.5) is 9.18 Å². The molecule has 1 aliphatic heterocycles. The average molecular weight is 625 g/mol. The molecule has 238 valence electrons. The summed E-state index contributed by atoms with van der Waals surface area (Å²) in [5.41, 5.74) is 3.12. The maximum Gasteiger partial charge on any atom is 0.410 e. The van der Waals surface area contributed by atoms with Crippen LogP contribution in [0.25, 0.3) is 11.5 Å². The van der Waals surface area contributed by atoms with Crippen LogP contribution in [0.2, 0.25) is 0 Å². The molecule has 2 amide bonds. The van der Waals surface area contributed by atoms with Crippen molar-refractivity contribution in [3.63, 3.8) is 0 Å². The maximum absolute atomic E-state index is 14.8. The van der Waals surface area contributed by atoms with Crippen molar-refractivity contribution >= 4 is 12.0 Å². The number of rotatable bonds is 4. The summed E-state index contributed by atoms with van der Waals surface area (Å²) in [4.78, 5) is 42.0. The molecule has 8 aliphatic rings. The van der Waals surface area contributed by atoms with E-state index < -0.39 is 17.7 Å². The lowest BCUT2D eigenvalue weighted by Gasteiger charge is -2.86. The number of benzene rings is 1. The first-order valence-corrected chi connectivity index (χ1v) is 16.7. The molecule has 1 N–H and O–H groups in total. The van der Waals surface area contributed by atoms with E-state index in [2.05, 4.69) is 5.32 Å². The van der Waals surface area contributed by atoms with Gasteiger partial charge in [-0.2, -0.15) is 5.10 Å². The Morgan fingerprint density at radius 2 is 1.70 bits per heavy atom. The van der Waals surface area contributed by atoms with Crippen molar-refractivity contribution in [1.29, 1.82) is 0 Å². The SMILES string of the molecule is CC(=O)NC12C3C4C35C1C13C2C1C4(n1ccn(-c2c4c(nn2-c2cc(C)c(F)c(C)c2)CCN(C(=O)OC(C)(C)C)C4C)c1=O)C53. The molecule has 46 heavy (non-hydrogen) atoms. The number of hydrogen-bond acceptors (Lipinski definition) is 5. The predicted octanol–water partition coefficient (Wildman–Crippen LogP) is 3.77. The standard InChI is InChI=1S/C35H37FN6O4/c1-14-12-18(13-15(2)21(14)36)42-26(20-16(3)39(9-8-19(20)38-42)30(45)46-31(5,6)7)40-10-11-41(29(40)44)35-24-22-32(24)27-33(28(32)35)23(25(33)35)34(22,27)37-17(4)43/h10-13,16,22-25,27-28H,8-9H2,1-7H3,(H,37,43). The zero-order valence-corrected chi connectivity index (χ0v) is 27.0. The molecular weight excluding hydrogens is 587 g/mol. The quantitative estimate of drug-likeness (QED) is 0.476. The van der Waals surface area contributed by atoms with Crippen molar-refractivity contribution in [2.45, 2.75) is 77.6 Å². The van der Waals surface area contributed by atoms with E-state index in [1.165, 1.54) is 0 Å². The number of amides is 2. The molecule has 7 atom stereocenters. The van der Waals surface area contributed by atoms with Crippen molar-refractivity contribution in [2.75, 3.05) is 6.54 Å². The Hall–Kier alpha value is -3.89. The van der Waals surface area contributed by atoms with Gasteiger partial charge in [0, 0.05) is 37.8 Å². The van der Waals surface area contributed by atoms with Gasteiger partial charge in [0.2, 0.25) is 5.91 Å². The normalized spacial score (nSPS) is 43.0. The molecule has 11 heteroatoms. The van der Waals surface area contributed by atoms with E-state index in [1.807, 2.05) is 44.7 Å². The van der Waals surface area contributed by atoms with Crippen molar-refractivity contribution < 1.29 is 18.7 Å². The number of fused-ring (bicyclic) bond motifs is 7. The first-order chi connectivity index (χ1) is 21.7. The molecular formula is C35H37FN6O4. The first kappa shape index (κ1) is 26.2. The van der Waals surface area contributed by atoms with Gasteiger partial charge in [-0.05, 0) is 111 Å². The van der Waals surface area contributed by atoms with Gasteiger partial charge in [-0.3, -0.25) is 13.9 Å². The Labute approximate surface area is 264 Å². The Morgan fingerprint density at radius 1 is 1.04 bits per heavy atom. The van der Waals surface area contributed by atoms with Crippen molar-refractivity contribution in [3.05, 3.63) is 63.2 Å². The minimum absolute atomic E-state index is 0.000386. The highest BCUT2D eigenvalue weighted by molar-refractivity contribution is 5.84. The van der Waals surface area contributed by atoms with Crippen LogP contribution in [0.15, 0.2) is 29.3 Å². The van der Waals surface area contributed by atoms with Gasteiger partial charge in [-0.1, -0.05) is 0 Å². The second kappa shape index (κ2) is 6.87. The number of hydrogen-bond donors (Lipinski definition) is 1. The molecule has 2 aromatic heterocycles. The number of carbonyl (C=O) groups is 2. The number of halogens is 1. The van der Waals surface area contributed by atoms with Crippen LogP contribution in [0.3, 0.4) is 0 Å². The van der Waals surface area contributed by atoms with Crippen LogP contribution in [-0.4, -0.2) is 53.5 Å². The third-order valence-corrected chi connectivity index (χ3v) is 14.1. The summed E-state index contributed by atoms with van der Waals surface area (Å²) in [7, 11) is 0. The second-order valence-electron chi connectivity index (χ2n) is 16.7. The van der Waals surface area contributed by atoms with E-state index in [4.69, 9.17) is 9.84 Å².